The number of amides is 1. The molecule has 1 aliphatic carbocycles. The third-order valence-electron chi connectivity index (χ3n) is 6.52. The van der Waals surface area contributed by atoms with Gasteiger partial charge in [0.15, 0.2) is 0 Å². The number of carbonyl (C=O) groups excluding carboxylic acids is 1. The van der Waals surface area contributed by atoms with Crippen molar-refractivity contribution in [3.8, 4) is 0 Å². The summed E-state index contributed by atoms with van der Waals surface area (Å²) in [5.41, 5.74) is 0.0890. The van der Waals surface area contributed by atoms with E-state index < -0.39 is 0 Å². The van der Waals surface area contributed by atoms with E-state index >= 15 is 0 Å². The van der Waals surface area contributed by atoms with Crippen LogP contribution in [-0.4, -0.2) is 74.2 Å². The maximum atomic E-state index is 12.8. The first-order valence-electron chi connectivity index (χ1n) is 9.17. The molecule has 0 spiro atoms. The molecule has 0 aromatic carbocycles. The van der Waals surface area contributed by atoms with Crippen molar-refractivity contribution in [1.82, 2.24) is 15.1 Å². The third-order valence-corrected chi connectivity index (χ3v) is 6.52. The van der Waals surface area contributed by atoms with Gasteiger partial charge in [-0.05, 0) is 26.8 Å². The highest BCUT2D eigenvalue weighted by Gasteiger charge is 2.59. The van der Waals surface area contributed by atoms with Crippen LogP contribution in [0, 0.1) is 11.3 Å². The van der Waals surface area contributed by atoms with Crippen molar-refractivity contribution in [1.29, 1.82) is 0 Å². The molecule has 0 aromatic heterocycles. The van der Waals surface area contributed by atoms with E-state index in [1.54, 1.807) is 7.11 Å². The molecule has 1 heterocycles. The number of ether oxygens (including phenoxy) is 1. The number of nitrogens with zero attached hydrogens (tertiary/aromatic N) is 2. The molecule has 5 nitrogen and oxygen atoms in total. The maximum absolute atomic E-state index is 12.8. The molecule has 0 bridgehead atoms. The summed E-state index contributed by atoms with van der Waals surface area (Å²) in [7, 11) is 3.94. The summed E-state index contributed by atoms with van der Waals surface area (Å²) < 4.78 is 5.73. The van der Waals surface area contributed by atoms with Gasteiger partial charge in [-0.15, -0.1) is 0 Å². The molecular formula is C18H35N3O2. The molecule has 2 aliphatic rings. The summed E-state index contributed by atoms with van der Waals surface area (Å²) in [5, 5.41) is 3.36. The average Bonchev–Trinajstić information content (AvgIpc) is 2.56. The first-order valence-corrected chi connectivity index (χ1v) is 9.17. The van der Waals surface area contributed by atoms with Gasteiger partial charge in [0, 0.05) is 50.7 Å². The van der Waals surface area contributed by atoms with Gasteiger partial charge in [-0.2, -0.15) is 0 Å². The molecule has 1 aliphatic heterocycles. The first-order chi connectivity index (χ1) is 10.9. The Morgan fingerprint density at radius 2 is 1.83 bits per heavy atom. The normalized spacial score (nSPS) is 33.0. The molecule has 23 heavy (non-hydrogen) atoms. The van der Waals surface area contributed by atoms with Gasteiger partial charge < -0.3 is 15.0 Å². The number of piperazine rings is 1. The number of hydrogen-bond donors (Lipinski definition) is 1. The number of hydrogen-bond acceptors (Lipinski definition) is 4. The minimum Gasteiger partial charge on any atom is -0.380 e. The van der Waals surface area contributed by atoms with Crippen LogP contribution in [0.4, 0.5) is 0 Å². The number of rotatable bonds is 6. The van der Waals surface area contributed by atoms with E-state index in [0.717, 1.165) is 39.0 Å². The summed E-state index contributed by atoms with van der Waals surface area (Å²) >= 11 is 0. The molecule has 1 N–H and O–H groups in total. The lowest BCUT2D eigenvalue weighted by molar-refractivity contribution is -0.173. The van der Waals surface area contributed by atoms with Crippen LogP contribution < -0.4 is 5.32 Å². The Bertz CT molecular complexity index is 403. The van der Waals surface area contributed by atoms with E-state index in [1.807, 2.05) is 6.92 Å². The Morgan fingerprint density at radius 3 is 2.30 bits per heavy atom. The van der Waals surface area contributed by atoms with E-state index in [-0.39, 0.29) is 29.5 Å². The predicted molar refractivity (Wildman–Crippen MR) is 93.4 cm³/mol. The number of methoxy groups -OCH3 is 1. The molecule has 2 rings (SSSR count). The second kappa shape index (κ2) is 7.49. The second-order valence-corrected chi connectivity index (χ2v) is 7.46. The Kier molecular flexibility index (Phi) is 6.09. The fraction of sp³-hybridized carbons (Fsp3) is 0.944. The third kappa shape index (κ3) is 3.28. The van der Waals surface area contributed by atoms with Crippen molar-refractivity contribution in [2.75, 3.05) is 40.3 Å². The van der Waals surface area contributed by atoms with E-state index in [0.29, 0.717) is 5.92 Å². The van der Waals surface area contributed by atoms with Gasteiger partial charge in [0.1, 0.15) is 0 Å². The molecule has 2 fully saturated rings. The van der Waals surface area contributed by atoms with Gasteiger partial charge >= 0.3 is 0 Å². The minimum atomic E-state index is -0.0519. The Labute approximate surface area is 141 Å². The topological polar surface area (TPSA) is 44.8 Å². The lowest BCUT2D eigenvalue weighted by Crippen LogP contribution is -2.71. The van der Waals surface area contributed by atoms with Crippen molar-refractivity contribution in [3.63, 3.8) is 0 Å². The van der Waals surface area contributed by atoms with Crippen LogP contribution in [0.25, 0.3) is 0 Å². The van der Waals surface area contributed by atoms with Crippen LogP contribution in [0.15, 0.2) is 0 Å². The molecule has 4 atom stereocenters. The summed E-state index contributed by atoms with van der Waals surface area (Å²) in [6, 6.07) is 0.175. The van der Waals surface area contributed by atoms with E-state index in [1.165, 1.54) is 0 Å². The molecule has 5 heteroatoms. The molecule has 0 unspecified atom stereocenters. The van der Waals surface area contributed by atoms with Crippen molar-refractivity contribution in [2.45, 2.75) is 58.7 Å². The standard InChI is InChI=1S/C18H35N3O2/c1-7-18(8-2)15(13(3)16(18)23-6)19-17(22)14(4)21-11-9-20(5)10-12-21/h13-16H,7-12H2,1-6H3,(H,19,22)/t13-,14-,15+,16+/m0/s1. The quantitative estimate of drug-likeness (QED) is 0.805. The SMILES string of the molecule is CCC1(CC)[C@H](NC(=O)[C@H](C)N2CCN(C)CC2)[C@H](C)[C@H]1OC. The van der Waals surface area contributed by atoms with Crippen LogP contribution in [0.1, 0.15) is 40.5 Å². The van der Waals surface area contributed by atoms with Crippen molar-refractivity contribution in [2.24, 2.45) is 11.3 Å². The molecule has 1 saturated heterocycles. The highest BCUT2D eigenvalue weighted by Crippen LogP contribution is 2.52. The van der Waals surface area contributed by atoms with Crippen LogP contribution in [0.3, 0.4) is 0 Å². The van der Waals surface area contributed by atoms with Crippen molar-refractivity contribution < 1.29 is 9.53 Å². The Morgan fingerprint density at radius 1 is 1.26 bits per heavy atom. The van der Waals surface area contributed by atoms with E-state index in [9.17, 15) is 4.79 Å². The smallest absolute Gasteiger partial charge is 0.237 e. The summed E-state index contributed by atoms with van der Waals surface area (Å²) in [6.45, 7) is 12.7. The fourth-order valence-electron chi connectivity index (χ4n) is 4.75. The second-order valence-electron chi connectivity index (χ2n) is 7.46. The van der Waals surface area contributed by atoms with Crippen LogP contribution in [-0.2, 0) is 9.53 Å². The molecule has 1 amide bonds. The number of carbonyl (C=O) groups is 1. The van der Waals surface area contributed by atoms with Crippen LogP contribution in [0.2, 0.25) is 0 Å². The van der Waals surface area contributed by atoms with Crippen LogP contribution in [0.5, 0.6) is 0 Å². The highest BCUT2D eigenvalue weighted by atomic mass is 16.5. The molecule has 0 aromatic rings. The van der Waals surface area contributed by atoms with Gasteiger partial charge in [-0.25, -0.2) is 0 Å². The number of nitrogens with one attached hydrogen (secondary N) is 1. The zero-order valence-electron chi connectivity index (χ0n) is 15.8. The monoisotopic (exact) mass is 325 g/mol. The molecular weight excluding hydrogens is 290 g/mol. The summed E-state index contributed by atoms with van der Waals surface area (Å²) in [4.78, 5) is 17.4. The Balaban J connectivity index is 1.98. The zero-order chi connectivity index (χ0) is 17.2. The first kappa shape index (κ1) is 18.7. The van der Waals surface area contributed by atoms with E-state index in [2.05, 4.69) is 42.9 Å². The lowest BCUT2D eigenvalue weighted by atomic mass is 9.53. The van der Waals surface area contributed by atoms with Gasteiger partial charge in [0.2, 0.25) is 5.91 Å². The van der Waals surface area contributed by atoms with Gasteiger partial charge in [-0.1, -0.05) is 20.8 Å². The highest BCUT2D eigenvalue weighted by molar-refractivity contribution is 5.82. The lowest BCUT2D eigenvalue weighted by Gasteiger charge is -2.60. The predicted octanol–water partition coefficient (Wildman–Crippen LogP) is 1.58. The molecule has 0 radical (unpaired) electrons. The largest absolute Gasteiger partial charge is 0.380 e. The molecule has 1 saturated carbocycles. The van der Waals surface area contributed by atoms with Gasteiger partial charge in [0.05, 0.1) is 12.1 Å². The van der Waals surface area contributed by atoms with Crippen LogP contribution >= 0.6 is 0 Å². The van der Waals surface area contributed by atoms with Gasteiger partial charge in [-0.3, -0.25) is 9.69 Å². The number of likely N-dealkylation sites (N-methyl/N-ethyl adjacent to an activating group) is 1. The molecule has 134 valence electrons. The fourth-order valence-corrected chi connectivity index (χ4v) is 4.75. The zero-order valence-corrected chi connectivity index (χ0v) is 15.8. The van der Waals surface area contributed by atoms with Gasteiger partial charge in [0.25, 0.3) is 0 Å². The van der Waals surface area contributed by atoms with Crippen molar-refractivity contribution >= 4 is 5.91 Å². The minimum absolute atomic E-state index is 0.0519. The van der Waals surface area contributed by atoms with Crippen molar-refractivity contribution in [3.05, 3.63) is 0 Å². The van der Waals surface area contributed by atoms with E-state index in [4.69, 9.17) is 4.74 Å². The Hall–Kier alpha value is -0.650. The summed E-state index contributed by atoms with van der Waals surface area (Å²) in [6.07, 6.45) is 2.34. The maximum Gasteiger partial charge on any atom is 0.237 e. The average molecular weight is 325 g/mol. The summed E-state index contributed by atoms with van der Waals surface area (Å²) in [5.74, 6) is 0.552.